The van der Waals surface area contributed by atoms with Gasteiger partial charge in [0.25, 0.3) is 11.5 Å². The van der Waals surface area contributed by atoms with Gasteiger partial charge >= 0.3 is 0 Å². The number of aromatic nitrogens is 1. The lowest BCUT2D eigenvalue weighted by Crippen LogP contribution is -2.35. The van der Waals surface area contributed by atoms with Crippen LogP contribution < -0.4 is 15.0 Å². The molecule has 0 atom stereocenters. The number of pyridine rings is 1. The first-order chi connectivity index (χ1) is 13.5. The third kappa shape index (κ3) is 4.15. The number of amides is 1. The highest BCUT2D eigenvalue weighted by Gasteiger charge is 2.18. The maximum Gasteiger partial charge on any atom is 0.254 e. The highest BCUT2D eigenvalue weighted by atomic mass is 16.5. The lowest BCUT2D eigenvalue weighted by Gasteiger charge is -2.22. The largest absolute Gasteiger partial charge is 0.497 e. The maximum absolute atomic E-state index is 12.9. The van der Waals surface area contributed by atoms with Gasteiger partial charge in [-0.3, -0.25) is 9.59 Å². The average molecular weight is 382 g/mol. The number of benzene rings is 2. The second kappa shape index (κ2) is 8.58. The third-order valence-electron chi connectivity index (χ3n) is 4.46. The van der Waals surface area contributed by atoms with Crippen LogP contribution in [0.1, 0.15) is 15.9 Å². The standard InChI is InChI=1S/C21H22N2O5/c1-27-17-5-3-4-14(11-17)21(26)23(8-9-24)13-16-10-15-12-18(28-2)6-7-19(15)22-20(16)25/h3-7,10-12,24H,8-9,13H2,1-2H3,(H,22,25). The van der Waals surface area contributed by atoms with Crippen molar-refractivity contribution >= 4 is 16.8 Å². The summed E-state index contributed by atoms with van der Waals surface area (Å²) >= 11 is 0. The van der Waals surface area contributed by atoms with Crippen LogP contribution in [-0.4, -0.2) is 48.3 Å². The Morgan fingerprint density at radius 3 is 2.54 bits per heavy atom. The molecule has 0 unspecified atom stereocenters. The van der Waals surface area contributed by atoms with Crippen LogP contribution in [0.4, 0.5) is 0 Å². The number of ether oxygens (including phenoxy) is 2. The molecule has 1 heterocycles. The van der Waals surface area contributed by atoms with Gasteiger partial charge in [-0.05, 0) is 42.5 Å². The van der Waals surface area contributed by atoms with E-state index in [0.717, 1.165) is 5.39 Å². The van der Waals surface area contributed by atoms with Gasteiger partial charge in [0.05, 0.1) is 27.4 Å². The van der Waals surface area contributed by atoms with Crippen molar-refractivity contribution in [2.75, 3.05) is 27.4 Å². The van der Waals surface area contributed by atoms with Crippen LogP contribution in [-0.2, 0) is 6.54 Å². The van der Waals surface area contributed by atoms with Crippen LogP contribution in [0.25, 0.3) is 10.9 Å². The topological polar surface area (TPSA) is 91.9 Å². The number of hydrogen-bond acceptors (Lipinski definition) is 5. The van der Waals surface area contributed by atoms with E-state index in [1.165, 1.54) is 12.0 Å². The molecule has 0 radical (unpaired) electrons. The van der Waals surface area contributed by atoms with Crippen LogP contribution in [0.2, 0.25) is 0 Å². The van der Waals surface area contributed by atoms with Crippen molar-refractivity contribution in [1.29, 1.82) is 0 Å². The molecule has 0 aliphatic carbocycles. The Hall–Kier alpha value is -3.32. The van der Waals surface area contributed by atoms with Gasteiger partial charge < -0.3 is 24.5 Å². The number of H-pyrrole nitrogens is 1. The van der Waals surface area contributed by atoms with E-state index in [1.807, 2.05) is 6.07 Å². The summed E-state index contributed by atoms with van der Waals surface area (Å²) in [5.74, 6) is 0.939. The Balaban J connectivity index is 1.94. The predicted octanol–water partition coefficient (Wildman–Crippen LogP) is 2.18. The molecule has 3 rings (SSSR count). The Labute approximate surface area is 162 Å². The molecule has 0 fully saturated rings. The minimum absolute atomic E-state index is 0.0685. The van der Waals surface area contributed by atoms with E-state index < -0.39 is 0 Å². The zero-order chi connectivity index (χ0) is 20.1. The van der Waals surface area contributed by atoms with Crippen LogP contribution in [0.15, 0.2) is 53.3 Å². The summed E-state index contributed by atoms with van der Waals surface area (Å²) in [5, 5.41) is 10.2. The van der Waals surface area contributed by atoms with Gasteiger partial charge in [0, 0.05) is 28.6 Å². The molecule has 1 aromatic heterocycles. The molecule has 0 aliphatic rings. The van der Waals surface area contributed by atoms with Gasteiger partial charge in [-0.2, -0.15) is 0 Å². The Kier molecular flexibility index (Phi) is 5.96. The minimum atomic E-state index is -0.293. The lowest BCUT2D eigenvalue weighted by molar-refractivity contribution is 0.0707. The summed E-state index contributed by atoms with van der Waals surface area (Å²) in [6.45, 7) is -0.0419. The van der Waals surface area contributed by atoms with Crippen molar-refractivity contribution in [2.24, 2.45) is 0 Å². The molecule has 1 amide bonds. The van der Waals surface area contributed by atoms with Crippen LogP contribution in [0, 0.1) is 0 Å². The Morgan fingerprint density at radius 1 is 1.07 bits per heavy atom. The van der Waals surface area contributed by atoms with Gasteiger partial charge in [-0.25, -0.2) is 0 Å². The molecular formula is C21H22N2O5. The van der Waals surface area contributed by atoms with Crippen LogP contribution in [0.5, 0.6) is 11.5 Å². The second-order valence-corrected chi connectivity index (χ2v) is 6.26. The fourth-order valence-corrected chi connectivity index (χ4v) is 2.99. The fourth-order valence-electron chi connectivity index (χ4n) is 2.99. The first kappa shape index (κ1) is 19.4. The number of nitrogens with one attached hydrogen (secondary N) is 1. The fraction of sp³-hybridized carbons (Fsp3) is 0.238. The molecule has 2 aromatic carbocycles. The number of aliphatic hydroxyl groups is 1. The van der Waals surface area contributed by atoms with E-state index in [1.54, 1.807) is 49.6 Å². The van der Waals surface area contributed by atoms with Crippen LogP contribution in [0.3, 0.4) is 0 Å². The third-order valence-corrected chi connectivity index (χ3v) is 4.46. The lowest BCUT2D eigenvalue weighted by atomic mass is 10.1. The minimum Gasteiger partial charge on any atom is -0.497 e. The molecule has 0 saturated carbocycles. The number of aromatic amines is 1. The van der Waals surface area contributed by atoms with Gasteiger partial charge in [-0.1, -0.05) is 6.07 Å². The van der Waals surface area contributed by atoms with Gasteiger partial charge in [0.2, 0.25) is 0 Å². The number of carbonyl (C=O) groups is 1. The predicted molar refractivity (Wildman–Crippen MR) is 106 cm³/mol. The highest BCUT2D eigenvalue weighted by molar-refractivity contribution is 5.94. The van der Waals surface area contributed by atoms with Gasteiger partial charge in [0.1, 0.15) is 11.5 Å². The number of rotatable bonds is 7. The SMILES string of the molecule is COc1cccc(C(=O)N(CCO)Cc2cc3cc(OC)ccc3[nH]c2=O)c1. The quantitative estimate of drug-likeness (QED) is 0.654. The highest BCUT2D eigenvalue weighted by Crippen LogP contribution is 2.20. The Bertz CT molecular complexity index is 1040. The zero-order valence-corrected chi connectivity index (χ0v) is 15.8. The first-order valence-electron chi connectivity index (χ1n) is 8.80. The van der Waals surface area contributed by atoms with E-state index in [9.17, 15) is 14.7 Å². The monoisotopic (exact) mass is 382 g/mol. The molecule has 0 bridgehead atoms. The molecule has 0 saturated heterocycles. The molecule has 7 heteroatoms. The van der Waals surface area contributed by atoms with E-state index in [-0.39, 0.29) is 31.2 Å². The maximum atomic E-state index is 12.9. The zero-order valence-electron chi connectivity index (χ0n) is 15.8. The van der Waals surface area contributed by atoms with E-state index >= 15 is 0 Å². The molecule has 146 valence electrons. The normalized spacial score (nSPS) is 10.7. The smallest absolute Gasteiger partial charge is 0.254 e. The molecular weight excluding hydrogens is 360 g/mol. The molecule has 3 aromatic rings. The number of aliphatic hydroxyl groups excluding tert-OH is 1. The molecule has 28 heavy (non-hydrogen) atoms. The summed E-state index contributed by atoms with van der Waals surface area (Å²) in [4.78, 5) is 29.6. The van der Waals surface area contributed by atoms with Crippen molar-refractivity contribution < 1.29 is 19.4 Å². The first-order valence-corrected chi connectivity index (χ1v) is 8.80. The summed E-state index contributed by atoms with van der Waals surface area (Å²) in [5.41, 5.74) is 1.25. The average Bonchev–Trinajstić information content (AvgIpc) is 2.73. The summed E-state index contributed by atoms with van der Waals surface area (Å²) in [6.07, 6.45) is 0. The van der Waals surface area contributed by atoms with E-state index in [4.69, 9.17) is 9.47 Å². The van der Waals surface area contributed by atoms with Crippen molar-refractivity contribution in [3.05, 3.63) is 70.0 Å². The van der Waals surface area contributed by atoms with E-state index in [0.29, 0.717) is 28.1 Å². The number of carbonyl (C=O) groups excluding carboxylic acids is 1. The van der Waals surface area contributed by atoms with Crippen molar-refractivity contribution in [2.45, 2.75) is 6.54 Å². The number of methoxy groups -OCH3 is 2. The Morgan fingerprint density at radius 2 is 1.82 bits per heavy atom. The summed E-state index contributed by atoms with van der Waals surface area (Å²) in [7, 11) is 3.10. The van der Waals surface area contributed by atoms with Crippen LogP contribution >= 0.6 is 0 Å². The molecule has 7 nitrogen and oxygen atoms in total. The summed E-state index contributed by atoms with van der Waals surface area (Å²) < 4.78 is 10.4. The second-order valence-electron chi connectivity index (χ2n) is 6.26. The van der Waals surface area contributed by atoms with Crippen molar-refractivity contribution in [1.82, 2.24) is 9.88 Å². The number of nitrogens with zero attached hydrogens (tertiary/aromatic N) is 1. The van der Waals surface area contributed by atoms with E-state index in [2.05, 4.69) is 4.98 Å². The van der Waals surface area contributed by atoms with Crippen molar-refractivity contribution in [3.63, 3.8) is 0 Å². The molecule has 2 N–H and O–H groups in total. The van der Waals surface area contributed by atoms with Crippen molar-refractivity contribution in [3.8, 4) is 11.5 Å². The number of fused-ring (bicyclic) bond motifs is 1. The van der Waals surface area contributed by atoms with Gasteiger partial charge in [0.15, 0.2) is 0 Å². The molecule has 0 aliphatic heterocycles. The molecule has 0 spiro atoms. The van der Waals surface area contributed by atoms with Gasteiger partial charge in [-0.15, -0.1) is 0 Å². The number of hydrogen-bond donors (Lipinski definition) is 2. The summed E-state index contributed by atoms with van der Waals surface area (Å²) in [6, 6.07) is 13.9.